The Bertz CT molecular complexity index is 482. The lowest BCUT2D eigenvalue weighted by Crippen LogP contribution is -2.19. The Morgan fingerprint density at radius 3 is 2.76 bits per heavy atom. The van der Waals surface area contributed by atoms with Gasteiger partial charge in [0.25, 0.3) is 0 Å². The number of rotatable bonds is 4. The van der Waals surface area contributed by atoms with Gasteiger partial charge in [-0.3, -0.25) is 0 Å². The molecule has 0 bridgehead atoms. The van der Waals surface area contributed by atoms with Crippen molar-refractivity contribution in [2.75, 3.05) is 7.05 Å². The summed E-state index contributed by atoms with van der Waals surface area (Å²) in [5, 5.41) is 7.71. The Morgan fingerprint density at radius 1 is 1.29 bits per heavy atom. The quantitative estimate of drug-likeness (QED) is 0.812. The SMILES string of the molecule is CNC(Cc1ccsc1)c1cc(Br)ccc1Br. The van der Waals surface area contributed by atoms with E-state index in [4.69, 9.17) is 0 Å². The monoisotopic (exact) mass is 373 g/mol. The summed E-state index contributed by atoms with van der Waals surface area (Å²) in [5.74, 6) is 0. The van der Waals surface area contributed by atoms with Gasteiger partial charge in [0.15, 0.2) is 0 Å². The first-order chi connectivity index (χ1) is 8.20. The molecule has 17 heavy (non-hydrogen) atoms. The first-order valence-electron chi connectivity index (χ1n) is 5.34. The lowest BCUT2D eigenvalue weighted by atomic mass is 10.0. The van der Waals surface area contributed by atoms with Gasteiger partial charge in [0.1, 0.15) is 0 Å². The van der Waals surface area contributed by atoms with E-state index >= 15 is 0 Å². The van der Waals surface area contributed by atoms with Crippen molar-refractivity contribution in [1.82, 2.24) is 5.32 Å². The topological polar surface area (TPSA) is 12.0 Å². The number of nitrogens with one attached hydrogen (secondary N) is 1. The summed E-state index contributed by atoms with van der Waals surface area (Å²) in [6.07, 6.45) is 1.01. The van der Waals surface area contributed by atoms with Crippen molar-refractivity contribution >= 4 is 43.2 Å². The van der Waals surface area contributed by atoms with Crippen molar-refractivity contribution in [3.63, 3.8) is 0 Å². The molecule has 0 saturated carbocycles. The molecule has 1 atom stereocenters. The van der Waals surface area contributed by atoms with Crippen molar-refractivity contribution in [1.29, 1.82) is 0 Å². The number of hydrogen-bond donors (Lipinski definition) is 1. The van der Waals surface area contributed by atoms with Gasteiger partial charge < -0.3 is 5.32 Å². The second-order valence-electron chi connectivity index (χ2n) is 3.84. The highest BCUT2D eigenvalue weighted by molar-refractivity contribution is 9.11. The van der Waals surface area contributed by atoms with Gasteiger partial charge in [0.05, 0.1) is 0 Å². The van der Waals surface area contributed by atoms with E-state index < -0.39 is 0 Å². The Hall–Kier alpha value is -0.160. The minimum absolute atomic E-state index is 0.330. The normalized spacial score (nSPS) is 12.6. The van der Waals surface area contributed by atoms with E-state index in [2.05, 4.69) is 66.1 Å². The van der Waals surface area contributed by atoms with Gasteiger partial charge in [0, 0.05) is 15.0 Å². The van der Waals surface area contributed by atoms with Gasteiger partial charge in [-0.15, -0.1) is 0 Å². The summed E-state index contributed by atoms with van der Waals surface area (Å²) in [6, 6.07) is 8.80. The molecule has 0 fully saturated rings. The largest absolute Gasteiger partial charge is 0.313 e. The highest BCUT2D eigenvalue weighted by atomic mass is 79.9. The fraction of sp³-hybridized carbons (Fsp3) is 0.231. The second-order valence-corrected chi connectivity index (χ2v) is 6.39. The van der Waals surface area contributed by atoms with E-state index in [1.165, 1.54) is 11.1 Å². The number of halogens is 2. The van der Waals surface area contributed by atoms with Gasteiger partial charge in [0.2, 0.25) is 0 Å². The van der Waals surface area contributed by atoms with Crippen LogP contribution in [0.1, 0.15) is 17.2 Å². The summed E-state index contributed by atoms with van der Waals surface area (Å²) < 4.78 is 2.26. The highest BCUT2D eigenvalue weighted by Crippen LogP contribution is 2.29. The van der Waals surface area contributed by atoms with Crippen molar-refractivity contribution in [3.05, 3.63) is 55.1 Å². The van der Waals surface area contributed by atoms with Crippen LogP contribution >= 0.6 is 43.2 Å². The standard InChI is InChI=1S/C13H13Br2NS/c1-16-13(6-9-4-5-17-8-9)11-7-10(14)2-3-12(11)15/h2-5,7-8,13,16H,6H2,1H3. The van der Waals surface area contributed by atoms with E-state index in [1.807, 2.05) is 13.1 Å². The summed E-state index contributed by atoms with van der Waals surface area (Å²) in [5.41, 5.74) is 2.66. The van der Waals surface area contributed by atoms with E-state index in [1.54, 1.807) is 11.3 Å². The third-order valence-electron chi connectivity index (χ3n) is 2.70. The molecule has 1 N–H and O–H groups in total. The van der Waals surface area contributed by atoms with E-state index in [0.29, 0.717) is 6.04 Å². The van der Waals surface area contributed by atoms with Crippen LogP contribution in [0.5, 0.6) is 0 Å². The summed E-state index contributed by atoms with van der Waals surface area (Å²) in [6.45, 7) is 0. The lowest BCUT2D eigenvalue weighted by molar-refractivity contribution is 0.590. The molecule has 1 aromatic carbocycles. The highest BCUT2D eigenvalue weighted by Gasteiger charge is 2.13. The maximum atomic E-state index is 3.62. The second kappa shape index (κ2) is 6.14. The van der Waals surface area contributed by atoms with Crippen LogP contribution in [0, 0.1) is 0 Å². The van der Waals surface area contributed by atoms with Crippen LogP contribution in [0.25, 0.3) is 0 Å². The minimum Gasteiger partial charge on any atom is -0.313 e. The molecule has 0 aliphatic carbocycles. The Kier molecular flexibility index (Phi) is 4.79. The van der Waals surface area contributed by atoms with Crippen LogP contribution in [-0.2, 0) is 6.42 Å². The molecule has 1 nitrogen and oxygen atoms in total. The molecule has 4 heteroatoms. The van der Waals surface area contributed by atoms with Crippen molar-refractivity contribution < 1.29 is 0 Å². The Morgan fingerprint density at radius 2 is 2.12 bits per heavy atom. The number of hydrogen-bond acceptors (Lipinski definition) is 2. The predicted molar refractivity (Wildman–Crippen MR) is 81.7 cm³/mol. The van der Waals surface area contributed by atoms with Crippen LogP contribution in [0.2, 0.25) is 0 Å². The molecule has 90 valence electrons. The van der Waals surface area contributed by atoms with Crippen molar-refractivity contribution in [2.24, 2.45) is 0 Å². The molecule has 1 unspecified atom stereocenters. The third-order valence-corrected chi connectivity index (χ3v) is 4.65. The maximum Gasteiger partial charge on any atom is 0.0370 e. The van der Waals surface area contributed by atoms with Crippen LogP contribution in [0.15, 0.2) is 44.0 Å². The molecule has 0 spiro atoms. The summed E-state index contributed by atoms with van der Waals surface area (Å²) >= 11 is 8.89. The molecule has 0 aliphatic rings. The fourth-order valence-corrected chi connectivity index (χ4v) is 3.38. The van der Waals surface area contributed by atoms with E-state index in [9.17, 15) is 0 Å². The predicted octanol–water partition coefficient (Wildman–Crippen LogP) is 4.78. The number of likely N-dealkylation sites (N-methyl/N-ethyl adjacent to an activating group) is 1. The molecule has 1 heterocycles. The van der Waals surface area contributed by atoms with Crippen LogP contribution < -0.4 is 5.32 Å². The molecule has 1 aromatic heterocycles. The van der Waals surface area contributed by atoms with Gasteiger partial charge in [-0.25, -0.2) is 0 Å². The maximum absolute atomic E-state index is 3.62. The van der Waals surface area contributed by atoms with Crippen molar-refractivity contribution in [2.45, 2.75) is 12.5 Å². The van der Waals surface area contributed by atoms with Gasteiger partial charge in [-0.05, 0) is 59.6 Å². The van der Waals surface area contributed by atoms with Crippen LogP contribution in [0.3, 0.4) is 0 Å². The Balaban J connectivity index is 2.25. The van der Waals surface area contributed by atoms with Gasteiger partial charge >= 0.3 is 0 Å². The molecule has 2 rings (SSSR count). The molecular weight excluding hydrogens is 362 g/mol. The van der Waals surface area contributed by atoms with Gasteiger partial charge in [-0.2, -0.15) is 11.3 Å². The number of thiophene rings is 1. The first-order valence-corrected chi connectivity index (χ1v) is 7.87. The minimum atomic E-state index is 0.330. The average Bonchev–Trinajstić information content (AvgIpc) is 2.82. The van der Waals surface area contributed by atoms with Crippen LogP contribution in [0.4, 0.5) is 0 Å². The van der Waals surface area contributed by atoms with E-state index in [-0.39, 0.29) is 0 Å². The van der Waals surface area contributed by atoms with Crippen molar-refractivity contribution in [3.8, 4) is 0 Å². The lowest BCUT2D eigenvalue weighted by Gasteiger charge is -2.18. The third kappa shape index (κ3) is 3.41. The molecular formula is C13H13Br2NS. The molecule has 0 saturated heterocycles. The Labute approximate surface area is 123 Å². The average molecular weight is 375 g/mol. The fourth-order valence-electron chi connectivity index (χ4n) is 1.79. The summed E-state index contributed by atoms with van der Waals surface area (Å²) in [4.78, 5) is 0. The molecule has 0 amide bonds. The zero-order chi connectivity index (χ0) is 12.3. The summed E-state index contributed by atoms with van der Waals surface area (Å²) in [7, 11) is 2.00. The zero-order valence-corrected chi connectivity index (χ0v) is 13.4. The number of benzene rings is 1. The van der Waals surface area contributed by atoms with Gasteiger partial charge in [-0.1, -0.05) is 31.9 Å². The first kappa shape index (κ1) is 13.3. The van der Waals surface area contributed by atoms with Crippen LogP contribution in [-0.4, -0.2) is 7.05 Å². The molecule has 0 radical (unpaired) electrons. The zero-order valence-electron chi connectivity index (χ0n) is 9.41. The molecule has 2 aromatic rings. The van der Waals surface area contributed by atoms with E-state index in [0.717, 1.165) is 15.4 Å². The molecule has 0 aliphatic heterocycles. The smallest absolute Gasteiger partial charge is 0.0370 e.